The van der Waals surface area contributed by atoms with Crippen LogP contribution in [0.3, 0.4) is 0 Å². The molecule has 4 aromatic rings. The van der Waals surface area contributed by atoms with Crippen LogP contribution >= 0.6 is 0 Å². The van der Waals surface area contributed by atoms with Crippen LogP contribution in [0.4, 0.5) is 13.2 Å². The molecule has 0 unspecified atom stereocenters. The molecule has 0 aliphatic heterocycles. The Balaban J connectivity index is 1.73. The van der Waals surface area contributed by atoms with Gasteiger partial charge in [-0.25, -0.2) is 9.36 Å². The van der Waals surface area contributed by atoms with E-state index in [-0.39, 0.29) is 16.9 Å². The lowest BCUT2D eigenvalue weighted by Crippen LogP contribution is -2.17. The lowest BCUT2D eigenvalue weighted by atomic mass is 10.2. The molecule has 0 saturated heterocycles. The van der Waals surface area contributed by atoms with Gasteiger partial charge in [-0.1, -0.05) is 6.07 Å². The molecule has 7 nitrogen and oxygen atoms in total. The smallest absolute Gasteiger partial charge is 0.406 e. The number of hydrogen-bond donors (Lipinski definition) is 0. The van der Waals surface area contributed by atoms with E-state index in [1.54, 1.807) is 30.3 Å². The van der Waals surface area contributed by atoms with Gasteiger partial charge in [-0.3, -0.25) is 4.79 Å². The maximum absolute atomic E-state index is 12.5. The topological polar surface area (TPSA) is 85.7 Å². The summed E-state index contributed by atoms with van der Waals surface area (Å²) in [4.78, 5) is 12.5. The fourth-order valence-electron chi connectivity index (χ4n) is 2.92. The summed E-state index contributed by atoms with van der Waals surface area (Å²) in [6.45, 7) is 0. The number of halogens is 3. The van der Waals surface area contributed by atoms with Crippen LogP contribution in [0.25, 0.3) is 22.8 Å². The highest BCUT2D eigenvalue weighted by Gasteiger charge is 2.31. The summed E-state index contributed by atoms with van der Waals surface area (Å²) in [5, 5.41) is 17.7. The van der Waals surface area contributed by atoms with Crippen molar-refractivity contribution in [2.24, 2.45) is 0 Å². The summed E-state index contributed by atoms with van der Waals surface area (Å²) in [5.74, 6) is -0.368. The molecule has 31 heavy (non-hydrogen) atoms. The Bertz CT molecular complexity index is 1330. The highest BCUT2D eigenvalue weighted by atomic mass is 19.4. The molecule has 0 aliphatic carbocycles. The molecule has 10 heteroatoms. The summed E-state index contributed by atoms with van der Waals surface area (Å²) in [6, 6.07) is 16.7. The zero-order valence-electron chi connectivity index (χ0n) is 15.6. The van der Waals surface area contributed by atoms with E-state index in [4.69, 9.17) is 5.26 Å². The van der Waals surface area contributed by atoms with Crippen molar-refractivity contribution < 1.29 is 17.9 Å². The number of ether oxygens (including phenoxy) is 1. The maximum Gasteiger partial charge on any atom is 0.573 e. The predicted molar refractivity (Wildman–Crippen MR) is 104 cm³/mol. The lowest BCUT2D eigenvalue weighted by Gasteiger charge is -2.11. The van der Waals surface area contributed by atoms with Gasteiger partial charge in [-0.15, -0.1) is 13.2 Å². The van der Waals surface area contributed by atoms with Crippen LogP contribution in [0.5, 0.6) is 5.75 Å². The van der Waals surface area contributed by atoms with Crippen molar-refractivity contribution >= 4 is 0 Å². The zero-order chi connectivity index (χ0) is 22.0. The summed E-state index contributed by atoms with van der Waals surface area (Å²) in [5.41, 5.74) is 1.53. The van der Waals surface area contributed by atoms with Gasteiger partial charge in [-0.2, -0.15) is 15.5 Å². The van der Waals surface area contributed by atoms with Crippen molar-refractivity contribution in [2.45, 2.75) is 6.36 Å². The van der Waals surface area contributed by atoms with Gasteiger partial charge in [0.25, 0.3) is 0 Å². The van der Waals surface area contributed by atoms with Gasteiger partial charge in [0.15, 0.2) is 5.69 Å². The molecule has 0 aliphatic rings. The standard InChI is InChI=1S/C21H12F3N5O2/c22-21(23,24)31-17-6-4-15(5-7-17)28-11-9-19(30)20(27-28)18-8-10-26-29(18)16-3-1-2-14(12-16)13-25/h1-12H. The normalized spacial score (nSPS) is 11.2. The average Bonchev–Trinajstić information content (AvgIpc) is 3.23. The number of nitriles is 1. The van der Waals surface area contributed by atoms with Gasteiger partial charge >= 0.3 is 6.36 Å². The summed E-state index contributed by atoms with van der Waals surface area (Å²) in [7, 11) is 0. The van der Waals surface area contributed by atoms with Crippen molar-refractivity contribution in [1.29, 1.82) is 5.26 Å². The first kappa shape index (κ1) is 19.9. The number of aromatic nitrogens is 4. The molecule has 0 saturated carbocycles. The van der Waals surface area contributed by atoms with Crippen LogP contribution < -0.4 is 10.2 Å². The van der Waals surface area contributed by atoms with E-state index < -0.39 is 6.36 Å². The third-order valence-electron chi connectivity index (χ3n) is 4.25. The van der Waals surface area contributed by atoms with Crippen LogP contribution in [-0.4, -0.2) is 25.9 Å². The predicted octanol–water partition coefficient (Wildman–Crippen LogP) is 3.86. The van der Waals surface area contributed by atoms with Crippen LogP contribution in [0.15, 0.2) is 77.9 Å². The summed E-state index contributed by atoms with van der Waals surface area (Å²) in [6.07, 6.45) is -1.88. The first-order chi connectivity index (χ1) is 14.8. The first-order valence-electron chi connectivity index (χ1n) is 8.85. The largest absolute Gasteiger partial charge is 0.573 e. The molecule has 0 atom stereocenters. The Morgan fingerprint density at radius 3 is 2.48 bits per heavy atom. The van der Waals surface area contributed by atoms with E-state index in [2.05, 4.69) is 14.9 Å². The minimum absolute atomic E-state index is 0.0815. The Morgan fingerprint density at radius 1 is 1.00 bits per heavy atom. The van der Waals surface area contributed by atoms with Crippen LogP contribution in [-0.2, 0) is 0 Å². The molecular weight excluding hydrogens is 411 g/mol. The average molecular weight is 423 g/mol. The Labute approximate surface area is 173 Å². The number of hydrogen-bond acceptors (Lipinski definition) is 5. The number of nitrogens with zero attached hydrogens (tertiary/aromatic N) is 5. The van der Waals surface area contributed by atoms with Crippen molar-refractivity contribution in [3.05, 3.63) is 88.8 Å². The number of benzene rings is 2. The summed E-state index contributed by atoms with van der Waals surface area (Å²) < 4.78 is 43.7. The molecule has 154 valence electrons. The van der Waals surface area contributed by atoms with Gasteiger partial charge in [-0.05, 0) is 48.5 Å². The van der Waals surface area contributed by atoms with E-state index in [0.29, 0.717) is 22.6 Å². The molecule has 0 radical (unpaired) electrons. The fourth-order valence-corrected chi connectivity index (χ4v) is 2.92. The SMILES string of the molecule is N#Cc1cccc(-n2nccc2-c2nn(-c3ccc(OC(F)(F)F)cc3)ccc2=O)c1. The van der Waals surface area contributed by atoms with Gasteiger partial charge < -0.3 is 4.74 Å². The molecule has 0 amide bonds. The molecule has 0 N–H and O–H groups in total. The third kappa shape index (κ3) is 4.30. The number of alkyl halides is 3. The molecule has 4 rings (SSSR count). The monoisotopic (exact) mass is 423 g/mol. The molecule has 2 aromatic carbocycles. The quantitative estimate of drug-likeness (QED) is 0.498. The van der Waals surface area contributed by atoms with Crippen LogP contribution in [0, 0.1) is 11.3 Å². The molecular formula is C21H12F3N5O2. The zero-order valence-corrected chi connectivity index (χ0v) is 15.6. The Hall–Kier alpha value is -4.39. The van der Waals surface area contributed by atoms with Crippen molar-refractivity contribution in [3.8, 4) is 34.6 Å². The van der Waals surface area contributed by atoms with Crippen molar-refractivity contribution in [1.82, 2.24) is 19.6 Å². The second-order valence-corrected chi connectivity index (χ2v) is 6.31. The fraction of sp³-hybridized carbons (Fsp3) is 0.0476. The Kier molecular flexibility index (Phi) is 5.00. The minimum atomic E-state index is -4.79. The van der Waals surface area contributed by atoms with Crippen molar-refractivity contribution in [2.75, 3.05) is 0 Å². The van der Waals surface area contributed by atoms with Crippen LogP contribution in [0.1, 0.15) is 5.56 Å². The van der Waals surface area contributed by atoms with Crippen LogP contribution in [0.2, 0.25) is 0 Å². The van der Waals surface area contributed by atoms with E-state index >= 15 is 0 Å². The third-order valence-corrected chi connectivity index (χ3v) is 4.25. The minimum Gasteiger partial charge on any atom is -0.406 e. The van der Waals surface area contributed by atoms with Gasteiger partial charge in [0.05, 0.1) is 34.9 Å². The van der Waals surface area contributed by atoms with Gasteiger partial charge in [0.2, 0.25) is 5.43 Å². The Morgan fingerprint density at radius 2 is 1.77 bits per heavy atom. The lowest BCUT2D eigenvalue weighted by molar-refractivity contribution is -0.274. The number of rotatable bonds is 4. The molecule has 0 bridgehead atoms. The molecule has 0 spiro atoms. The second kappa shape index (κ2) is 7.79. The molecule has 2 aromatic heterocycles. The molecule has 0 fully saturated rings. The van der Waals surface area contributed by atoms with Gasteiger partial charge in [0, 0.05) is 12.3 Å². The second-order valence-electron chi connectivity index (χ2n) is 6.31. The molecule has 2 heterocycles. The van der Waals surface area contributed by atoms with E-state index in [9.17, 15) is 18.0 Å². The van der Waals surface area contributed by atoms with E-state index in [1.165, 1.54) is 40.0 Å². The summed E-state index contributed by atoms with van der Waals surface area (Å²) >= 11 is 0. The van der Waals surface area contributed by atoms with Gasteiger partial charge in [0.1, 0.15) is 5.75 Å². The van der Waals surface area contributed by atoms with Crippen molar-refractivity contribution in [3.63, 3.8) is 0 Å². The first-order valence-corrected chi connectivity index (χ1v) is 8.85. The van der Waals surface area contributed by atoms with E-state index in [1.807, 2.05) is 6.07 Å². The van der Waals surface area contributed by atoms with E-state index in [0.717, 1.165) is 12.1 Å². The highest BCUT2D eigenvalue weighted by Crippen LogP contribution is 2.24. The highest BCUT2D eigenvalue weighted by molar-refractivity contribution is 5.58. The maximum atomic E-state index is 12.5.